The molecule has 2 bridgehead atoms. The summed E-state index contributed by atoms with van der Waals surface area (Å²) in [5.74, 6) is -0.154. The van der Waals surface area contributed by atoms with Crippen molar-refractivity contribution >= 4 is 41.9 Å². The Morgan fingerprint density at radius 2 is 1.44 bits per heavy atom. The Bertz CT molecular complexity index is 2080. The molecule has 0 saturated heterocycles. The number of hydrogen-bond acceptors (Lipinski definition) is 3. The van der Waals surface area contributed by atoms with Gasteiger partial charge in [0.2, 0.25) is 22.8 Å². The molecule has 5 aliphatic rings. The van der Waals surface area contributed by atoms with Gasteiger partial charge in [0.25, 0.3) is 0 Å². The molecule has 0 aromatic carbocycles. The van der Waals surface area contributed by atoms with E-state index in [1.54, 1.807) is 0 Å². The molecule has 1 atom stereocenters. The van der Waals surface area contributed by atoms with E-state index in [0.29, 0.717) is 32.3 Å². The third-order valence-corrected chi connectivity index (χ3v) is 11.2. The summed E-state index contributed by atoms with van der Waals surface area (Å²) >= 11 is 0. The summed E-state index contributed by atoms with van der Waals surface area (Å²) in [7, 11) is 0. The number of aldehydes is 1. The quantitative estimate of drug-likeness (QED) is 0.157. The Kier molecular flexibility index (Phi) is 8.51. The molecule has 7 heterocycles. The molecule has 0 saturated carbocycles. The van der Waals surface area contributed by atoms with Crippen molar-refractivity contribution in [2.45, 2.75) is 119 Å². The molecule has 5 aliphatic heterocycles. The predicted octanol–water partition coefficient (Wildman–Crippen LogP) is 6.34. The second kappa shape index (κ2) is 12.6. The van der Waals surface area contributed by atoms with E-state index < -0.39 is 0 Å². The van der Waals surface area contributed by atoms with Gasteiger partial charge < -0.3 is 14.5 Å². The van der Waals surface area contributed by atoms with E-state index in [2.05, 4.69) is 84.5 Å². The lowest BCUT2D eigenvalue weighted by Crippen LogP contribution is -2.42. The molecule has 0 radical (unpaired) electrons. The predicted molar refractivity (Wildman–Crippen MR) is 191 cm³/mol. The minimum absolute atomic E-state index is 0.154. The van der Waals surface area contributed by atoms with E-state index in [-0.39, 0.29) is 12.3 Å². The van der Waals surface area contributed by atoms with Crippen molar-refractivity contribution < 1.29 is 23.5 Å². The van der Waals surface area contributed by atoms with E-state index in [0.717, 1.165) is 44.8 Å². The molecule has 7 heteroatoms. The monoisotopic (exact) mass is 646 g/mol. The number of rotatable bonds is 13. The normalized spacial score (nSPS) is 18.6. The van der Waals surface area contributed by atoms with Crippen LogP contribution in [-0.4, -0.2) is 49.0 Å². The summed E-state index contributed by atoms with van der Waals surface area (Å²) in [6, 6.07) is 0. The number of nitrogens with one attached hydrogen (secondary N) is 1. The molecule has 1 N–H and O–H groups in total. The fourth-order valence-corrected chi connectivity index (χ4v) is 8.62. The molecule has 0 fully saturated rings. The van der Waals surface area contributed by atoms with Gasteiger partial charge >= 0.3 is 12.3 Å². The van der Waals surface area contributed by atoms with Crippen LogP contribution in [0.25, 0.3) is 18.2 Å². The molecule has 0 aliphatic carbocycles. The van der Waals surface area contributed by atoms with E-state index in [1.807, 2.05) is 6.92 Å². The molecule has 250 valence electrons. The summed E-state index contributed by atoms with van der Waals surface area (Å²) in [5, 5.41) is 2.38. The third kappa shape index (κ3) is 4.83. The lowest BCUT2D eigenvalue weighted by molar-refractivity contribution is -0.767. The van der Waals surface area contributed by atoms with Crippen LogP contribution < -0.4 is 10.7 Å². The number of allylic oxidation sites excluding steroid dienone is 5. The summed E-state index contributed by atoms with van der Waals surface area (Å²) in [4.78, 5) is 28.3. The summed E-state index contributed by atoms with van der Waals surface area (Å²) < 4.78 is 13.0. The first-order valence-electron chi connectivity index (χ1n) is 18.2. The molecular weight excluding hydrogens is 596 g/mol. The summed E-state index contributed by atoms with van der Waals surface area (Å²) in [5.41, 5.74) is 17.6. The van der Waals surface area contributed by atoms with E-state index in [1.165, 1.54) is 89.4 Å². The van der Waals surface area contributed by atoms with Crippen LogP contribution in [0.3, 0.4) is 0 Å². The van der Waals surface area contributed by atoms with Crippen LogP contribution >= 0.6 is 0 Å². The standard InChI is InChI=1S/C41H49N4O3/c1-8-11-14-28-24(4)32-20-37-29(15-12-9-2)26(6)35-23-39-31(17-18-40(47)48-10-3)27(7)36-22-38-30(16-13-19-46)25(5)34(21-33(28)42-32)43(38)41(44(35)37)45(36)39/h19-23,41H,8-18H2,1-7H3/q+1/p+1. The van der Waals surface area contributed by atoms with Gasteiger partial charge in [-0.1, -0.05) is 26.7 Å². The maximum Gasteiger partial charge on any atom is 0.446 e. The fraction of sp³-hybridized carbons (Fsp3) is 0.463. The number of nitrogens with zero attached hydrogens (tertiary/aromatic N) is 3. The number of ether oxygens (including phenoxy) is 1. The Morgan fingerprint density at radius 3 is 2.10 bits per heavy atom. The highest BCUT2D eigenvalue weighted by Crippen LogP contribution is 2.47. The molecule has 0 spiro atoms. The highest BCUT2D eigenvalue weighted by Gasteiger charge is 2.57. The zero-order chi connectivity index (χ0) is 33.9. The molecule has 1 unspecified atom stereocenters. The fourth-order valence-electron chi connectivity index (χ4n) is 8.62. The number of esters is 1. The molecule has 2 aromatic rings. The zero-order valence-electron chi connectivity index (χ0n) is 29.8. The van der Waals surface area contributed by atoms with Gasteiger partial charge in [0.15, 0.2) is 0 Å². The van der Waals surface area contributed by atoms with Gasteiger partial charge in [-0.3, -0.25) is 4.79 Å². The molecule has 2 aromatic heterocycles. The Morgan fingerprint density at radius 1 is 0.792 bits per heavy atom. The first kappa shape index (κ1) is 32.3. The topological polar surface area (TPSA) is 70.1 Å². The number of aromatic amines is 1. The van der Waals surface area contributed by atoms with Crippen molar-refractivity contribution in [3.05, 3.63) is 84.1 Å². The van der Waals surface area contributed by atoms with E-state index in [4.69, 9.17) is 4.74 Å². The van der Waals surface area contributed by atoms with Crippen LogP contribution in [0, 0.1) is 13.8 Å². The number of aromatic nitrogens is 2. The van der Waals surface area contributed by atoms with Crippen molar-refractivity contribution in [1.29, 1.82) is 0 Å². The Hall–Kier alpha value is -4.26. The van der Waals surface area contributed by atoms with Gasteiger partial charge in [-0.15, -0.1) is 9.15 Å². The van der Waals surface area contributed by atoms with Gasteiger partial charge in [-0.2, -0.15) is 0 Å². The lowest BCUT2D eigenvalue weighted by atomic mass is 9.97. The highest BCUT2D eigenvalue weighted by molar-refractivity contribution is 6.20. The zero-order valence-corrected chi connectivity index (χ0v) is 29.8. The highest BCUT2D eigenvalue weighted by atomic mass is 16.5. The second-order valence-electron chi connectivity index (χ2n) is 13.9. The van der Waals surface area contributed by atoms with Crippen LogP contribution in [0.4, 0.5) is 0 Å². The summed E-state index contributed by atoms with van der Waals surface area (Å²) in [6.07, 6.45) is 19.2. The summed E-state index contributed by atoms with van der Waals surface area (Å²) in [6.45, 7) is 15.8. The molecule has 48 heavy (non-hydrogen) atoms. The maximum atomic E-state index is 12.6. The first-order chi connectivity index (χ1) is 23.2. The van der Waals surface area contributed by atoms with Crippen molar-refractivity contribution in [3.8, 4) is 0 Å². The first-order valence-corrected chi connectivity index (χ1v) is 18.2. The number of carbonyl (C=O) groups is 2. The largest absolute Gasteiger partial charge is 0.466 e. The number of H-pyrrole nitrogens is 1. The van der Waals surface area contributed by atoms with Crippen molar-refractivity contribution in [2.75, 3.05) is 6.61 Å². The smallest absolute Gasteiger partial charge is 0.446 e. The van der Waals surface area contributed by atoms with Gasteiger partial charge in [0.1, 0.15) is 6.29 Å². The number of hydrogen-bond donors (Lipinski definition) is 1. The molecular formula is C41H50N4O3+2. The number of carbonyl (C=O) groups excluding carboxylic acids is 2. The minimum Gasteiger partial charge on any atom is -0.466 e. The van der Waals surface area contributed by atoms with E-state index in [9.17, 15) is 9.59 Å². The average Bonchev–Trinajstić information content (AvgIpc) is 3.70. The second-order valence-corrected chi connectivity index (χ2v) is 13.9. The number of fused-ring (bicyclic) bond motifs is 2. The van der Waals surface area contributed by atoms with Crippen LogP contribution in [0.5, 0.6) is 0 Å². The SMILES string of the molecule is CCCCc1c(C)c2n3c1C=c1[nH]c(c(CCCC)c1C)=CC1=[N+]4C(=CC5=[N+](C(=C2)C(CCC(=O)OCC)=C5C)C34)C(CCC=O)=C1C. The van der Waals surface area contributed by atoms with Crippen LogP contribution in [-0.2, 0) is 27.2 Å². The van der Waals surface area contributed by atoms with Gasteiger partial charge in [-0.25, -0.2) is 4.57 Å². The van der Waals surface area contributed by atoms with Crippen molar-refractivity contribution in [1.82, 2.24) is 9.55 Å². The number of unbranched alkanes of at least 4 members (excludes halogenated alkanes) is 2. The van der Waals surface area contributed by atoms with Crippen molar-refractivity contribution in [3.63, 3.8) is 0 Å². The van der Waals surface area contributed by atoms with Crippen LogP contribution in [0.2, 0.25) is 0 Å². The van der Waals surface area contributed by atoms with E-state index >= 15 is 0 Å². The minimum atomic E-state index is -0.154. The Labute approximate surface area is 284 Å². The van der Waals surface area contributed by atoms with Crippen molar-refractivity contribution in [2.24, 2.45) is 0 Å². The molecule has 0 amide bonds. The lowest BCUT2D eigenvalue weighted by Gasteiger charge is -2.25. The third-order valence-electron chi connectivity index (χ3n) is 11.2. The molecule has 7 rings (SSSR count). The Balaban J connectivity index is 1.57. The van der Waals surface area contributed by atoms with Crippen LogP contribution in [0.1, 0.15) is 126 Å². The van der Waals surface area contributed by atoms with Gasteiger partial charge in [-0.05, 0) is 101 Å². The average molecular weight is 647 g/mol. The van der Waals surface area contributed by atoms with Gasteiger partial charge in [0, 0.05) is 58.0 Å². The molecule has 7 nitrogen and oxygen atoms in total. The van der Waals surface area contributed by atoms with Crippen LogP contribution in [0.15, 0.2) is 39.8 Å². The van der Waals surface area contributed by atoms with Gasteiger partial charge in [0.05, 0.1) is 24.1 Å². The maximum absolute atomic E-state index is 12.6.